The molecule has 1 aliphatic rings. The number of anilines is 2. The Morgan fingerprint density at radius 1 is 1.16 bits per heavy atom. The minimum atomic E-state index is -0.442. The highest BCUT2D eigenvalue weighted by atomic mass is 16.2. The number of imide groups is 1. The first-order chi connectivity index (χ1) is 12.1. The second-order valence-corrected chi connectivity index (χ2v) is 5.90. The van der Waals surface area contributed by atoms with Crippen LogP contribution < -0.4 is 15.5 Å². The molecule has 3 amide bonds. The molecular weight excluding hydrogens is 320 g/mol. The van der Waals surface area contributed by atoms with Crippen LogP contribution in [0.25, 0.3) is 0 Å². The van der Waals surface area contributed by atoms with Crippen LogP contribution in [0.2, 0.25) is 0 Å². The number of hydrogen-bond donors (Lipinski definition) is 2. The van der Waals surface area contributed by atoms with Crippen molar-refractivity contribution in [1.29, 1.82) is 0 Å². The number of aromatic nitrogens is 1. The summed E-state index contributed by atoms with van der Waals surface area (Å²) in [5, 5.41) is 5.36. The van der Waals surface area contributed by atoms with Gasteiger partial charge in [-0.25, -0.2) is 0 Å². The van der Waals surface area contributed by atoms with E-state index in [-0.39, 0.29) is 12.5 Å². The van der Waals surface area contributed by atoms with Gasteiger partial charge in [0.1, 0.15) is 5.69 Å². The van der Waals surface area contributed by atoms with Crippen molar-refractivity contribution in [3.63, 3.8) is 0 Å². The Morgan fingerprint density at radius 2 is 1.96 bits per heavy atom. The normalized spacial score (nSPS) is 13.8. The highest BCUT2D eigenvalue weighted by Crippen LogP contribution is 2.29. The summed E-state index contributed by atoms with van der Waals surface area (Å²) >= 11 is 0. The molecule has 1 fully saturated rings. The Kier molecular flexibility index (Phi) is 4.83. The lowest BCUT2D eigenvalue weighted by atomic mass is 10.2. The Bertz CT molecular complexity index is 812. The number of rotatable bonds is 5. The van der Waals surface area contributed by atoms with E-state index in [0.717, 1.165) is 12.1 Å². The van der Waals surface area contributed by atoms with Crippen LogP contribution in [-0.4, -0.2) is 35.4 Å². The van der Waals surface area contributed by atoms with Crippen LogP contribution in [0.4, 0.5) is 11.4 Å². The standard InChI is InChI=1S/C18H20N4O3/c1-21-10-4-8-15(21)18(25)20-16(23)12-19-13-6-2-3-7-14(13)22-11-5-9-17(22)24/h2-4,6-8,10,19H,5,9,11-12H2,1H3,(H,20,23,25). The van der Waals surface area contributed by atoms with Crippen molar-refractivity contribution in [1.82, 2.24) is 9.88 Å². The molecule has 1 saturated heterocycles. The third kappa shape index (κ3) is 3.71. The maximum Gasteiger partial charge on any atom is 0.274 e. The number of nitrogens with zero attached hydrogens (tertiary/aromatic N) is 2. The number of carbonyl (C=O) groups is 3. The topological polar surface area (TPSA) is 83.4 Å². The third-order valence-corrected chi connectivity index (χ3v) is 4.14. The molecule has 25 heavy (non-hydrogen) atoms. The lowest BCUT2D eigenvalue weighted by Crippen LogP contribution is -2.36. The van der Waals surface area contributed by atoms with E-state index in [2.05, 4.69) is 10.6 Å². The Labute approximate surface area is 145 Å². The van der Waals surface area contributed by atoms with Crippen molar-refractivity contribution in [3.8, 4) is 0 Å². The number of benzene rings is 1. The highest BCUT2D eigenvalue weighted by Gasteiger charge is 2.23. The molecule has 3 rings (SSSR count). The first-order valence-electron chi connectivity index (χ1n) is 8.15. The zero-order chi connectivity index (χ0) is 17.8. The average Bonchev–Trinajstić information content (AvgIpc) is 3.21. The largest absolute Gasteiger partial charge is 0.374 e. The third-order valence-electron chi connectivity index (χ3n) is 4.14. The molecule has 1 aromatic carbocycles. The summed E-state index contributed by atoms with van der Waals surface area (Å²) in [6.07, 6.45) is 3.11. The van der Waals surface area contributed by atoms with Gasteiger partial charge >= 0.3 is 0 Å². The molecule has 0 bridgehead atoms. The predicted octanol–water partition coefficient (Wildman–Crippen LogP) is 1.52. The molecule has 2 N–H and O–H groups in total. The molecule has 0 atom stereocenters. The molecule has 0 saturated carbocycles. The van der Waals surface area contributed by atoms with Gasteiger partial charge in [-0.2, -0.15) is 0 Å². The summed E-state index contributed by atoms with van der Waals surface area (Å²) in [4.78, 5) is 37.7. The van der Waals surface area contributed by atoms with E-state index >= 15 is 0 Å². The Balaban J connectivity index is 1.62. The highest BCUT2D eigenvalue weighted by molar-refractivity contribution is 6.05. The molecule has 0 unspecified atom stereocenters. The number of para-hydroxylation sites is 2. The molecule has 1 aliphatic heterocycles. The van der Waals surface area contributed by atoms with Crippen LogP contribution in [0.5, 0.6) is 0 Å². The summed E-state index contributed by atoms with van der Waals surface area (Å²) in [5.74, 6) is -0.798. The summed E-state index contributed by atoms with van der Waals surface area (Å²) < 4.78 is 1.64. The van der Waals surface area contributed by atoms with Crippen LogP contribution in [0.15, 0.2) is 42.6 Å². The molecule has 2 aromatic rings. The predicted molar refractivity (Wildman–Crippen MR) is 94.4 cm³/mol. The van der Waals surface area contributed by atoms with E-state index in [1.807, 2.05) is 24.3 Å². The van der Waals surface area contributed by atoms with Crippen molar-refractivity contribution >= 4 is 29.1 Å². The van der Waals surface area contributed by atoms with Crippen molar-refractivity contribution in [2.45, 2.75) is 12.8 Å². The van der Waals surface area contributed by atoms with Gasteiger partial charge in [0.15, 0.2) is 0 Å². The summed E-state index contributed by atoms with van der Waals surface area (Å²) in [5.41, 5.74) is 1.86. The van der Waals surface area contributed by atoms with Gasteiger partial charge in [-0.15, -0.1) is 0 Å². The van der Waals surface area contributed by atoms with E-state index in [0.29, 0.717) is 24.3 Å². The zero-order valence-electron chi connectivity index (χ0n) is 14.0. The molecule has 0 aliphatic carbocycles. The van der Waals surface area contributed by atoms with Crippen LogP contribution in [0.3, 0.4) is 0 Å². The summed E-state index contributed by atoms with van der Waals surface area (Å²) in [7, 11) is 1.74. The van der Waals surface area contributed by atoms with Gasteiger partial charge in [0.25, 0.3) is 5.91 Å². The molecule has 130 valence electrons. The molecule has 7 nitrogen and oxygen atoms in total. The van der Waals surface area contributed by atoms with Gasteiger partial charge in [-0.1, -0.05) is 12.1 Å². The number of amides is 3. The van der Waals surface area contributed by atoms with E-state index < -0.39 is 11.8 Å². The van der Waals surface area contributed by atoms with Gasteiger partial charge in [-0.3, -0.25) is 19.7 Å². The van der Waals surface area contributed by atoms with Crippen molar-refractivity contribution < 1.29 is 14.4 Å². The minimum Gasteiger partial charge on any atom is -0.374 e. The first kappa shape index (κ1) is 16.8. The fourth-order valence-corrected chi connectivity index (χ4v) is 2.87. The van der Waals surface area contributed by atoms with Crippen LogP contribution >= 0.6 is 0 Å². The van der Waals surface area contributed by atoms with E-state index in [4.69, 9.17) is 0 Å². The number of nitrogens with one attached hydrogen (secondary N) is 2. The second kappa shape index (κ2) is 7.21. The van der Waals surface area contributed by atoms with Crippen LogP contribution in [-0.2, 0) is 16.6 Å². The van der Waals surface area contributed by atoms with E-state index in [1.165, 1.54) is 0 Å². The average molecular weight is 340 g/mol. The van der Waals surface area contributed by atoms with Gasteiger partial charge in [0.05, 0.1) is 17.9 Å². The first-order valence-corrected chi connectivity index (χ1v) is 8.15. The van der Waals surface area contributed by atoms with Gasteiger partial charge in [0.2, 0.25) is 11.8 Å². The van der Waals surface area contributed by atoms with E-state index in [1.54, 1.807) is 34.8 Å². The van der Waals surface area contributed by atoms with Gasteiger partial charge < -0.3 is 14.8 Å². The van der Waals surface area contributed by atoms with Crippen molar-refractivity contribution in [2.24, 2.45) is 7.05 Å². The van der Waals surface area contributed by atoms with Crippen molar-refractivity contribution in [3.05, 3.63) is 48.3 Å². The van der Waals surface area contributed by atoms with Crippen LogP contribution in [0, 0.1) is 0 Å². The molecule has 7 heteroatoms. The number of aryl methyl sites for hydroxylation is 1. The number of hydrogen-bond acceptors (Lipinski definition) is 4. The minimum absolute atomic E-state index is 0.0603. The molecule has 1 aromatic heterocycles. The summed E-state index contributed by atoms with van der Waals surface area (Å²) in [6.45, 7) is 0.616. The lowest BCUT2D eigenvalue weighted by Gasteiger charge is -2.20. The monoisotopic (exact) mass is 340 g/mol. The number of carbonyl (C=O) groups excluding carboxylic acids is 3. The SMILES string of the molecule is Cn1cccc1C(=O)NC(=O)CNc1ccccc1N1CCCC1=O. The molecule has 0 radical (unpaired) electrons. The van der Waals surface area contributed by atoms with Crippen LogP contribution in [0.1, 0.15) is 23.3 Å². The quantitative estimate of drug-likeness (QED) is 0.864. The lowest BCUT2D eigenvalue weighted by molar-refractivity contribution is -0.118. The Hall–Kier alpha value is -3.09. The van der Waals surface area contributed by atoms with Crippen molar-refractivity contribution in [2.75, 3.05) is 23.3 Å². The van der Waals surface area contributed by atoms with E-state index in [9.17, 15) is 14.4 Å². The Morgan fingerprint density at radius 3 is 2.64 bits per heavy atom. The fourth-order valence-electron chi connectivity index (χ4n) is 2.87. The molecular formula is C18H20N4O3. The molecule has 0 spiro atoms. The fraction of sp³-hybridized carbons (Fsp3) is 0.278. The summed E-state index contributed by atoms with van der Waals surface area (Å²) in [6, 6.07) is 10.7. The smallest absolute Gasteiger partial charge is 0.274 e. The maximum absolute atomic E-state index is 12.0. The maximum atomic E-state index is 12.0. The van der Waals surface area contributed by atoms with Gasteiger partial charge in [0, 0.05) is 26.2 Å². The molecule has 2 heterocycles. The second-order valence-electron chi connectivity index (χ2n) is 5.90. The van der Waals surface area contributed by atoms with Gasteiger partial charge in [-0.05, 0) is 30.7 Å². The zero-order valence-corrected chi connectivity index (χ0v) is 14.0.